The van der Waals surface area contributed by atoms with Crippen LogP contribution in [-0.2, 0) is 4.74 Å². The number of pyridine rings is 2. The second kappa shape index (κ2) is 7.30. The molecule has 6 rings (SSSR count). The Labute approximate surface area is 173 Å². The standard InChI is InChI=1S/C22H23N7O/c1-2-20-19(23-6-1)4-3-18(26-20)17-5-7-29-21(17)14-24-22(27-29)25-15-12-16(13-15)28-8-10-30-11-9-28/h1-7,14-16H,8-13H2,(H,25,27)/t15-,16-. The summed E-state index contributed by atoms with van der Waals surface area (Å²) in [6.45, 7) is 3.80. The van der Waals surface area contributed by atoms with Gasteiger partial charge in [0.25, 0.3) is 0 Å². The third-order valence-electron chi connectivity index (χ3n) is 6.16. The summed E-state index contributed by atoms with van der Waals surface area (Å²) in [6.07, 6.45) is 7.88. The molecule has 5 heterocycles. The van der Waals surface area contributed by atoms with Crippen molar-refractivity contribution >= 4 is 22.5 Å². The third kappa shape index (κ3) is 3.18. The zero-order valence-corrected chi connectivity index (χ0v) is 16.6. The van der Waals surface area contributed by atoms with Crippen LogP contribution in [0, 0.1) is 0 Å². The molecule has 152 valence electrons. The van der Waals surface area contributed by atoms with Crippen molar-refractivity contribution in [2.45, 2.75) is 24.9 Å². The van der Waals surface area contributed by atoms with Gasteiger partial charge in [-0.15, -0.1) is 5.10 Å². The lowest BCUT2D eigenvalue weighted by Gasteiger charge is -2.44. The summed E-state index contributed by atoms with van der Waals surface area (Å²) in [5.74, 6) is 0.672. The number of fused-ring (bicyclic) bond motifs is 2. The highest BCUT2D eigenvalue weighted by molar-refractivity contribution is 5.83. The second-order valence-electron chi connectivity index (χ2n) is 7.99. The van der Waals surface area contributed by atoms with Gasteiger partial charge in [-0.3, -0.25) is 9.88 Å². The molecule has 0 spiro atoms. The van der Waals surface area contributed by atoms with Crippen LogP contribution in [0.2, 0.25) is 0 Å². The fraction of sp³-hybridized carbons (Fsp3) is 0.364. The van der Waals surface area contributed by atoms with Crippen molar-refractivity contribution in [2.75, 3.05) is 31.6 Å². The van der Waals surface area contributed by atoms with Gasteiger partial charge in [-0.2, -0.15) is 0 Å². The lowest BCUT2D eigenvalue weighted by Crippen LogP contribution is -2.53. The van der Waals surface area contributed by atoms with E-state index >= 15 is 0 Å². The molecule has 0 aromatic carbocycles. The monoisotopic (exact) mass is 401 g/mol. The Morgan fingerprint density at radius 3 is 2.80 bits per heavy atom. The van der Waals surface area contributed by atoms with Crippen LogP contribution < -0.4 is 5.32 Å². The molecule has 4 aromatic heterocycles. The van der Waals surface area contributed by atoms with Crippen molar-refractivity contribution in [1.29, 1.82) is 0 Å². The predicted octanol–water partition coefficient (Wildman–Crippen LogP) is 2.61. The van der Waals surface area contributed by atoms with Gasteiger partial charge in [0.15, 0.2) is 0 Å². The molecule has 1 saturated carbocycles. The maximum Gasteiger partial charge on any atom is 0.241 e. The lowest BCUT2D eigenvalue weighted by atomic mass is 9.85. The summed E-state index contributed by atoms with van der Waals surface area (Å²) in [5, 5.41) is 8.15. The van der Waals surface area contributed by atoms with Crippen LogP contribution in [0.15, 0.2) is 48.9 Å². The van der Waals surface area contributed by atoms with E-state index in [1.54, 1.807) is 6.20 Å². The molecule has 4 aromatic rings. The van der Waals surface area contributed by atoms with E-state index < -0.39 is 0 Å². The van der Waals surface area contributed by atoms with E-state index in [9.17, 15) is 0 Å². The highest BCUT2D eigenvalue weighted by atomic mass is 16.5. The normalized spacial score (nSPS) is 22.3. The summed E-state index contributed by atoms with van der Waals surface area (Å²) >= 11 is 0. The number of anilines is 1. The van der Waals surface area contributed by atoms with Crippen LogP contribution in [-0.4, -0.2) is 67.9 Å². The van der Waals surface area contributed by atoms with Gasteiger partial charge < -0.3 is 10.1 Å². The molecule has 0 amide bonds. The van der Waals surface area contributed by atoms with Crippen LogP contribution in [0.5, 0.6) is 0 Å². The van der Waals surface area contributed by atoms with E-state index in [0.29, 0.717) is 18.0 Å². The average molecular weight is 401 g/mol. The minimum absolute atomic E-state index is 0.431. The van der Waals surface area contributed by atoms with E-state index in [1.807, 2.05) is 47.2 Å². The molecule has 0 radical (unpaired) electrons. The number of morpholine rings is 1. The van der Waals surface area contributed by atoms with E-state index in [-0.39, 0.29) is 0 Å². The van der Waals surface area contributed by atoms with E-state index in [2.05, 4.69) is 25.3 Å². The molecule has 8 heteroatoms. The van der Waals surface area contributed by atoms with Gasteiger partial charge >= 0.3 is 0 Å². The molecule has 2 aliphatic rings. The smallest absolute Gasteiger partial charge is 0.241 e. The van der Waals surface area contributed by atoms with Crippen molar-refractivity contribution < 1.29 is 4.74 Å². The van der Waals surface area contributed by atoms with Crippen LogP contribution in [0.25, 0.3) is 27.8 Å². The number of aromatic nitrogens is 5. The Bertz CT molecular complexity index is 1190. The molecule has 0 atom stereocenters. The van der Waals surface area contributed by atoms with Crippen LogP contribution >= 0.6 is 0 Å². The Morgan fingerprint density at radius 2 is 1.90 bits per heavy atom. The first-order valence-electron chi connectivity index (χ1n) is 10.5. The zero-order chi connectivity index (χ0) is 19.9. The summed E-state index contributed by atoms with van der Waals surface area (Å²) in [5.41, 5.74) is 4.63. The van der Waals surface area contributed by atoms with Gasteiger partial charge in [-0.1, -0.05) is 0 Å². The number of ether oxygens (including phenoxy) is 1. The minimum atomic E-state index is 0.431. The summed E-state index contributed by atoms with van der Waals surface area (Å²) in [4.78, 5) is 16.2. The molecule has 1 aliphatic heterocycles. The molecule has 0 bridgehead atoms. The average Bonchev–Trinajstić information content (AvgIpc) is 3.19. The fourth-order valence-electron chi connectivity index (χ4n) is 4.42. The first-order valence-corrected chi connectivity index (χ1v) is 10.5. The Balaban J connectivity index is 1.18. The second-order valence-corrected chi connectivity index (χ2v) is 7.99. The minimum Gasteiger partial charge on any atom is -0.379 e. The molecule has 0 unspecified atom stereocenters. The topological polar surface area (TPSA) is 80.5 Å². The maximum absolute atomic E-state index is 5.45. The van der Waals surface area contributed by atoms with Crippen molar-refractivity contribution in [3.05, 3.63) is 48.9 Å². The summed E-state index contributed by atoms with van der Waals surface area (Å²) in [6, 6.07) is 11.0. The van der Waals surface area contributed by atoms with Gasteiger partial charge in [0.2, 0.25) is 5.95 Å². The third-order valence-corrected chi connectivity index (χ3v) is 6.16. The molecule has 30 heavy (non-hydrogen) atoms. The predicted molar refractivity (Wildman–Crippen MR) is 114 cm³/mol. The van der Waals surface area contributed by atoms with E-state index in [0.717, 1.165) is 67.0 Å². The molecule has 8 nitrogen and oxygen atoms in total. The highest BCUT2D eigenvalue weighted by Crippen LogP contribution is 2.29. The summed E-state index contributed by atoms with van der Waals surface area (Å²) in [7, 11) is 0. The zero-order valence-electron chi connectivity index (χ0n) is 16.6. The van der Waals surface area contributed by atoms with Gasteiger partial charge in [0, 0.05) is 43.1 Å². The SMILES string of the molecule is c1cnc2ccc(-c3ccn4nc(N[C@H]5C[C@H](N6CCOCC6)C5)ncc34)nc2c1. The molecule has 1 saturated heterocycles. The fourth-order valence-corrected chi connectivity index (χ4v) is 4.42. The molecular formula is C22H23N7O. The van der Waals surface area contributed by atoms with E-state index in [1.165, 1.54) is 0 Å². The van der Waals surface area contributed by atoms with Gasteiger partial charge in [0.05, 0.1) is 41.7 Å². The van der Waals surface area contributed by atoms with Crippen LogP contribution in [0.4, 0.5) is 5.95 Å². The number of hydrogen-bond donors (Lipinski definition) is 1. The number of hydrogen-bond acceptors (Lipinski definition) is 7. The van der Waals surface area contributed by atoms with Gasteiger partial charge in [-0.25, -0.2) is 14.5 Å². The Kier molecular flexibility index (Phi) is 4.32. The number of rotatable bonds is 4. The van der Waals surface area contributed by atoms with Crippen molar-refractivity contribution in [2.24, 2.45) is 0 Å². The van der Waals surface area contributed by atoms with Gasteiger partial charge in [-0.05, 0) is 43.2 Å². The number of nitrogens with zero attached hydrogens (tertiary/aromatic N) is 6. The van der Waals surface area contributed by atoms with Crippen molar-refractivity contribution in [3.63, 3.8) is 0 Å². The maximum atomic E-state index is 5.45. The van der Waals surface area contributed by atoms with E-state index in [4.69, 9.17) is 9.72 Å². The largest absolute Gasteiger partial charge is 0.379 e. The van der Waals surface area contributed by atoms with Crippen molar-refractivity contribution in [3.8, 4) is 11.3 Å². The molecule has 1 N–H and O–H groups in total. The Morgan fingerprint density at radius 1 is 1.00 bits per heavy atom. The summed E-state index contributed by atoms with van der Waals surface area (Å²) < 4.78 is 7.32. The first-order chi connectivity index (χ1) is 14.8. The van der Waals surface area contributed by atoms with Crippen LogP contribution in [0.3, 0.4) is 0 Å². The quantitative estimate of drug-likeness (QED) is 0.563. The van der Waals surface area contributed by atoms with Crippen LogP contribution in [0.1, 0.15) is 12.8 Å². The molecule has 1 aliphatic carbocycles. The number of nitrogens with one attached hydrogen (secondary N) is 1. The molecule has 2 fully saturated rings. The first kappa shape index (κ1) is 17.7. The van der Waals surface area contributed by atoms with Crippen molar-refractivity contribution in [1.82, 2.24) is 29.5 Å². The highest BCUT2D eigenvalue weighted by Gasteiger charge is 2.34. The molecular weight excluding hydrogens is 378 g/mol. The Hall–Kier alpha value is -3.10. The lowest BCUT2D eigenvalue weighted by molar-refractivity contribution is -0.00443. The van der Waals surface area contributed by atoms with Gasteiger partial charge in [0.1, 0.15) is 0 Å².